The van der Waals surface area contributed by atoms with E-state index in [9.17, 15) is 9.59 Å². The Morgan fingerprint density at radius 2 is 2.00 bits per heavy atom. The predicted molar refractivity (Wildman–Crippen MR) is 70.0 cm³/mol. The molecule has 102 valence electrons. The number of carbonyl (C=O) groups is 2. The smallest absolute Gasteiger partial charge is 0.246 e. The molecule has 2 amide bonds. The molecule has 0 bridgehead atoms. The van der Waals surface area contributed by atoms with Crippen molar-refractivity contribution in [3.05, 3.63) is 0 Å². The maximum atomic E-state index is 12.6. The van der Waals surface area contributed by atoms with Crippen molar-refractivity contribution < 1.29 is 9.59 Å². The van der Waals surface area contributed by atoms with Crippen molar-refractivity contribution in [2.24, 2.45) is 0 Å². The van der Waals surface area contributed by atoms with Crippen molar-refractivity contribution in [3.8, 4) is 0 Å². The Kier molecular flexibility index (Phi) is 3.93. The number of rotatable bonds is 4. The highest BCUT2D eigenvalue weighted by atomic mass is 16.2. The third kappa shape index (κ3) is 2.02. The molecule has 4 nitrogen and oxygen atoms in total. The van der Waals surface area contributed by atoms with Gasteiger partial charge in [0.05, 0.1) is 0 Å². The van der Waals surface area contributed by atoms with Crippen LogP contribution < -0.4 is 0 Å². The van der Waals surface area contributed by atoms with Gasteiger partial charge in [0.2, 0.25) is 11.8 Å². The van der Waals surface area contributed by atoms with E-state index in [1.807, 2.05) is 16.7 Å². The molecule has 2 heterocycles. The normalized spacial score (nSPS) is 29.7. The van der Waals surface area contributed by atoms with E-state index in [1.165, 1.54) is 0 Å². The average molecular weight is 252 g/mol. The van der Waals surface area contributed by atoms with Gasteiger partial charge >= 0.3 is 0 Å². The highest BCUT2D eigenvalue weighted by Crippen LogP contribution is 2.30. The van der Waals surface area contributed by atoms with Crippen LogP contribution in [-0.2, 0) is 9.59 Å². The van der Waals surface area contributed by atoms with E-state index < -0.39 is 0 Å². The highest BCUT2D eigenvalue weighted by Gasteiger charge is 2.48. The molecule has 0 aromatic rings. The van der Waals surface area contributed by atoms with E-state index in [4.69, 9.17) is 0 Å². The second-order valence-electron chi connectivity index (χ2n) is 5.50. The van der Waals surface area contributed by atoms with Gasteiger partial charge < -0.3 is 9.80 Å². The number of amides is 2. The summed E-state index contributed by atoms with van der Waals surface area (Å²) in [6, 6.07) is -0.216. The van der Waals surface area contributed by atoms with E-state index in [0.29, 0.717) is 0 Å². The number of piperazine rings is 1. The molecule has 0 aliphatic carbocycles. The largest absolute Gasteiger partial charge is 0.329 e. The maximum absolute atomic E-state index is 12.6. The van der Waals surface area contributed by atoms with Gasteiger partial charge in [-0.2, -0.15) is 0 Å². The van der Waals surface area contributed by atoms with Crippen LogP contribution in [0.15, 0.2) is 0 Å². The molecule has 0 N–H and O–H groups in total. The summed E-state index contributed by atoms with van der Waals surface area (Å²) in [5.41, 5.74) is 0. The number of hydrogen-bond acceptors (Lipinski definition) is 2. The third-order valence-corrected chi connectivity index (χ3v) is 4.26. The van der Waals surface area contributed by atoms with E-state index >= 15 is 0 Å². The zero-order valence-electron chi connectivity index (χ0n) is 11.7. The van der Waals surface area contributed by atoms with E-state index in [-0.39, 0.29) is 29.9 Å². The van der Waals surface area contributed by atoms with Gasteiger partial charge in [-0.25, -0.2) is 0 Å². The molecule has 2 saturated heterocycles. The van der Waals surface area contributed by atoms with Crippen LogP contribution in [0.4, 0.5) is 0 Å². The third-order valence-electron chi connectivity index (χ3n) is 4.26. The van der Waals surface area contributed by atoms with E-state index in [0.717, 1.165) is 38.6 Å². The summed E-state index contributed by atoms with van der Waals surface area (Å²) < 4.78 is 0. The molecule has 0 radical (unpaired) electrons. The minimum atomic E-state index is -0.228. The molecule has 4 heteroatoms. The molecule has 18 heavy (non-hydrogen) atoms. The van der Waals surface area contributed by atoms with Crippen LogP contribution >= 0.6 is 0 Å². The minimum absolute atomic E-state index is 0.167. The van der Waals surface area contributed by atoms with Gasteiger partial charge in [-0.15, -0.1) is 0 Å². The van der Waals surface area contributed by atoms with Gasteiger partial charge in [0.15, 0.2) is 0 Å². The highest BCUT2D eigenvalue weighted by molar-refractivity contribution is 5.97. The molecule has 0 saturated carbocycles. The average Bonchev–Trinajstić information content (AvgIpc) is 2.83. The molecule has 2 aliphatic rings. The molecule has 0 spiro atoms. The lowest BCUT2D eigenvalue weighted by molar-refractivity contribution is -0.162. The quantitative estimate of drug-likeness (QED) is 0.765. The van der Waals surface area contributed by atoms with Crippen LogP contribution in [0.25, 0.3) is 0 Å². The summed E-state index contributed by atoms with van der Waals surface area (Å²) >= 11 is 0. The summed E-state index contributed by atoms with van der Waals surface area (Å²) in [6.07, 6.45) is 4.55. The first-order chi connectivity index (χ1) is 8.61. The minimum Gasteiger partial charge on any atom is -0.329 e. The lowest BCUT2D eigenvalue weighted by atomic mass is 9.99. The molecule has 2 aliphatic heterocycles. The predicted octanol–water partition coefficient (Wildman–Crippen LogP) is 1.79. The fourth-order valence-corrected chi connectivity index (χ4v) is 3.38. The summed E-state index contributed by atoms with van der Waals surface area (Å²) in [6.45, 7) is 6.96. The zero-order chi connectivity index (χ0) is 13.3. The van der Waals surface area contributed by atoms with Gasteiger partial charge in [0.25, 0.3) is 0 Å². The Hall–Kier alpha value is -1.06. The van der Waals surface area contributed by atoms with Crippen molar-refractivity contribution in [2.75, 3.05) is 6.54 Å². The number of hydrogen-bond donors (Lipinski definition) is 0. The Labute approximate surface area is 109 Å². The maximum Gasteiger partial charge on any atom is 0.246 e. The summed E-state index contributed by atoms with van der Waals surface area (Å²) in [7, 11) is 0. The molecule has 0 aromatic heterocycles. The lowest BCUT2D eigenvalue weighted by Crippen LogP contribution is -2.64. The molecule has 0 aromatic carbocycles. The molecule has 3 unspecified atom stereocenters. The van der Waals surface area contributed by atoms with Gasteiger partial charge in [-0.3, -0.25) is 9.59 Å². The van der Waals surface area contributed by atoms with Gasteiger partial charge in [0.1, 0.15) is 12.1 Å². The summed E-state index contributed by atoms with van der Waals surface area (Å²) in [4.78, 5) is 28.7. The first-order valence-electron chi connectivity index (χ1n) is 7.24. The van der Waals surface area contributed by atoms with Crippen molar-refractivity contribution in [3.63, 3.8) is 0 Å². The number of fused-ring (bicyclic) bond motifs is 1. The first kappa shape index (κ1) is 13.4. The topological polar surface area (TPSA) is 40.6 Å². The standard InChI is InChI=1S/C14H24N2O2/c1-4-7-10(3)16-11(5-2)13(17)15-9-6-8-12(15)14(16)18/h10-12H,4-9H2,1-3H3. The van der Waals surface area contributed by atoms with Gasteiger partial charge in [-0.05, 0) is 32.6 Å². The van der Waals surface area contributed by atoms with Gasteiger partial charge in [-0.1, -0.05) is 20.3 Å². The second-order valence-corrected chi connectivity index (χ2v) is 5.50. The Bertz CT molecular complexity index is 343. The van der Waals surface area contributed by atoms with Crippen molar-refractivity contribution in [2.45, 2.75) is 71.0 Å². The van der Waals surface area contributed by atoms with Crippen LogP contribution in [0.1, 0.15) is 52.9 Å². The fourth-order valence-electron chi connectivity index (χ4n) is 3.38. The molecular weight excluding hydrogens is 228 g/mol. The lowest BCUT2D eigenvalue weighted by Gasteiger charge is -2.45. The Balaban J connectivity index is 2.25. The second kappa shape index (κ2) is 5.29. The van der Waals surface area contributed by atoms with Crippen molar-refractivity contribution in [1.82, 2.24) is 9.80 Å². The summed E-state index contributed by atoms with van der Waals surface area (Å²) in [5.74, 6) is 0.349. The molecular formula is C14H24N2O2. The monoisotopic (exact) mass is 252 g/mol. The number of carbonyl (C=O) groups excluding carboxylic acids is 2. The van der Waals surface area contributed by atoms with Crippen LogP contribution in [0.5, 0.6) is 0 Å². The van der Waals surface area contributed by atoms with Crippen LogP contribution in [0.3, 0.4) is 0 Å². The SMILES string of the molecule is CCCC(C)N1C(=O)C2CCCN2C(=O)C1CC. The van der Waals surface area contributed by atoms with Gasteiger partial charge in [0, 0.05) is 12.6 Å². The van der Waals surface area contributed by atoms with Crippen LogP contribution in [0.2, 0.25) is 0 Å². The van der Waals surface area contributed by atoms with E-state index in [2.05, 4.69) is 13.8 Å². The summed E-state index contributed by atoms with van der Waals surface area (Å²) in [5, 5.41) is 0. The van der Waals surface area contributed by atoms with E-state index in [1.54, 1.807) is 0 Å². The van der Waals surface area contributed by atoms with Crippen LogP contribution in [-0.4, -0.2) is 46.3 Å². The fraction of sp³-hybridized carbons (Fsp3) is 0.857. The Morgan fingerprint density at radius 1 is 1.28 bits per heavy atom. The Morgan fingerprint density at radius 3 is 2.61 bits per heavy atom. The number of nitrogens with zero attached hydrogens (tertiary/aromatic N) is 2. The van der Waals surface area contributed by atoms with Crippen molar-refractivity contribution >= 4 is 11.8 Å². The molecule has 3 atom stereocenters. The molecule has 2 rings (SSSR count). The van der Waals surface area contributed by atoms with Crippen molar-refractivity contribution in [1.29, 1.82) is 0 Å². The zero-order valence-corrected chi connectivity index (χ0v) is 11.7. The first-order valence-corrected chi connectivity index (χ1v) is 7.24. The molecule has 2 fully saturated rings. The van der Waals surface area contributed by atoms with Crippen LogP contribution in [0, 0.1) is 0 Å².